The lowest BCUT2D eigenvalue weighted by molar-refractivity contribution is 0.295. The van der Waals surface area contributed by atoms with Crippen LogP contribution in [-0.2, 0) is 6.54 Å². The van der Waals surface area contributed by atoms with E-state index in [1.165, 1.54) is 27.8 Å². The maximum Gasteiger partial charge on any atom is 0.116 e. The third-order valence-corrected chi connectivity index (χ3v) is 6.16. The maximum atomic E-state index is 4.41. The van der Waals surface area contributed by atoms with Crippen molar-refractivity contribution in [2.45, 2.75) is 12.5 Å². The Balaban J connectivity index is 1.43. The number of likely N-dealkylation sites (N-methyl/N-ethyl adjacent to an activating group) is 1. The molecule has 5 heteroatoms. The fourth-order valence-electron chi connectivity index (χ4n) is 4.64. The number of fused-ring (bicyclic) bond motifs is 3. The van der Waals surface area contributed by atoms with Crippen LogP contribution in [0.15, 0.2) is 73.3 Å². The van der Waals surface area contributed by atoms with Gasteiger partial charge in [0, 0.05) is 36.0 Å². The highest BCUT2D eigenvalue weighted by Gasteiger charge is 2.25. The zero-order valence-corrected chi connectivity index (χ0v) is 16.7. The molecule has 0 fully saturated rings. The Kier molecular flexibility index (Phi) is 3.89. The minimum absolute atomic E-state index is 0.358. The smallest absolute Gasteiger partial charge is 0.116 e. The summed E-state index contributed by atoms with van der Waals surface area (Å²) in [4.78, 5) is 10.9. The molecule has 0 aliphatic carbocycles. The Bertz CT molecular complexity index is 1390. The van der Waals surface area contributed by atoms with Crippen molar-refractivity contribution in [3.8, 4) is 11.1 Å². The van der Waals surface area contributed by atoms with Crippen molar-refractivity contribution < 1.29 is 0 Å². The average Bonchev–Trinajstić information content (AvgIpc) is 3.25. The molecule has 146 valence electrons. The Labute approximate surface area is 174 Å². The zero-order valence-electron chi connectivity index (χ0n) is 16.7. The van der Waals surface area contributed by atoms with Crippen LogP contribution in [0.5, 0.6) is 0 Å². The van der Waals surface area contributed by atoms with Crippen molar-refractivity contribution in [2.75, 3.05) is 13.6 Å². The van der Waals surface area contributed by atoms with Crippen LogP contribution in [0.25, 0.3) is 32.9 Å². The number of aromatic nitrogens is 4. The highest BCUT2D eigenvalue weighted by molar-refractivity contribution is 5.83. The Hall–Kier alpha value is -3.57. The molecule has 6 rings (SSSR count). The van der Waals surface area contributed by atoms with Gasteiger partial charge in [-0.3, -0.25) is 5.10 Å². The molecule has 1 N–H and O–H groups in total. The second-order valence-electron chi connectivity index (χ2n) is 8.18. The maximum absolute atomic E-state index is 4.41. The number of hydrogen-bond donors (Lipinski definition) is 1. The number of benzene rings is 3. The van der Waals surface area contributed by atoms with Gasteiger partial charge in [0.05, 0.1) is 17.2 Å². The normalized spacial score (nSPS) is 16.8. The first-order valence-electron chi connectivity index (χ1n) is 10.2. The number of aromatic amines is 1. The van der Waals surface area contributed by atoms with Crippen molar-refractivity contribution in [1.82, 2.24) is 25.1 Å². The van der Waals surface area contributed by atoms with Gasteiger partial charge in [-0.15, -0.1) is 0 Å². The summed E-state index contributed by atoms with van der Waals surface area (Å²) in [6.07, 6.45) is 5.36. The number of rotatable bonds is 2. The molecular formula is C25H21N5. The summed E-state index contributed by atoms with van der Waals surface area (Å²) in [5, 5.41) is 9.44. The van der Waals surface area contributed by atoms with Gasteiger partial charge in [-0.25, -0.2) is 9.97 Å². The molecule has 0 saturated carbocycles. The minimum Gasteiger partial charge on any atom is -0.301 e. The summed E-state index contributed by atoms with van der Waals surface area (Å²) in [7, 11) is 2.20. The molecule has 1 atom stereocenters. The van der Waals surface area contributed by atoms with Gasteiger partial charge in [-0.2, -0.15) is 5.10 Å². The summed E-state index contributed by atoms with van der Waals surface area (Å²) in [5.41, 5.74) is 8.63. The molecule has 1 unspecified atom stereocenters. The van der Waals surface area contributed by atoms with Gasteiger partial charge < -0.3 is 4.90 Å². The highest BCUT2D eigenvalue weighted by atomic mass is 15.1. The van der Waals surface area contributed by atoms with Crippen LogP contribution in [0.4, 0.5) is 0 Å². The molecule has 1 aliphatic heterocycles. The molecule has 0 amide bonds. The van der Waals surface area contributed by atoms with E-state index in [4.69, 9.17) is 0 Å². The second-order valence-corrected chi connectivity index (χ2v) is 8.18. The third kappa shape index (κ3) is 2.86. The molecule has 0 radical (unpaired) electrons. The lowest BCUT2D eigenvalue weighted by atomic mass is 9.83. The Morgan fingerprint density at radius 1 is 0.933 bits per heavy atom. The summed E-state index contributed by atoms with van der Waals surface area (Å²) >= 11 is 0. The van der Waals surface area contributed by atoms with Gasteiger partial charge in [-0.05, 0) is 59.1 Å². The molecular weight excluding hydrogens is 370 g/mol. The van der Waals surface area contributed by atoms with E-state index < -0.39 is 0 Å². The van der Waals surface area contributed by atoms with Crippen LogP contribution in [0.2, 0.25) is 0 Å². The predicted molar refractivity (Wildman–Crippen MR) is 119 cm³/mol. The quantitative estimate of drug-likeness (QED) is 0.472. The minimum atomic E-state index is 0.358. The van der Waals surface area contributed by atoms with Gasteiger partial charge in [0.25, 0.3) is 0 Å². The molecule has 2 aromatic heterocycles. The molecule has 3 aromatic carbocycles. The predicted octanol–water partition coefficient (Wildman–Crippen LogP) is 4.75. The van der Waals surface area contributed by atoms with E-state index in [0.717, 1.165) is 34.9 Å². The number of nitrogens with zero attached hydrogens (tertiary/aromatic N) is 4. The number of H-pyrrole nitrogens is 1. The first kappa shape index (κ1) is 17.3. The monoisotopic (exact) mass is 391 g/mol. The van der Waals surface area contributed by atoms with Crippen molar-refractivity contribution in [1.29, 1.82) is 0 Å². The van der Waals surface area contributed by atoms with Crippen LogP contribution in [-0.4, -0.2) is 38.7 Å². The molecule has 0 spiro atoms. The van der Waals surface area contributed by atoms with Crippen LogP contribution < -0.4 is 0 Å². The highest BCUT2D eigenvalue weighted by Crippen LogP contribution is 2.36. The van der Waals surface area contributed by atoms with E-state index in [1.807, 2.05) is 12.4 Å². The SMILES string of the molecule is CN1Cc2cc(-c3ccc4cncnc4c3)ccc2C(c2ccc3[nH]ncc3c2)C1. The molecule has 3 heterocycles. The van der Waals surface area contributed by atoms with Gasteiger partial charge >= 0.3 is 0 Å². The van der Waals surface area contributed by atoms with Crippen LogP contribution in [0.3, 0.4) is 0 Å². The van der Waals surface area contributed by atoms with Gasteiger partial charge in [0.15, 0.2) is 0 Å². The largest absolute Gasteiger partial charge is 0.301 e. The summed E-state index contributed by atoms with van der Waals surface area (Å²) in [6.45, 7) is 1.98. The van der Waals surface area contributed by atoms with Gasteiger partial charge in [0.1, 0.15) is 6.33 Å². The lowest BCUT2D eigenvalue weighted by Crippen LogP contribution is -2.31. The standard InChI is InChI=1S/C25H21N5/c1-30-13-21-8-16(17-2-3-19-11-26-15-27-25(19)10-17)4-6-22(21)23(14-30)18-5-7-24-20(9-18)12-28-29-24/h2-12,15,23H,13-14H2,1H3,(H,28,29). The Morgan fingerprint density at radius 3 is 2.80 bits per heavy atom. The van der Waals surface area contributed by atoms with E-state index in [-0.39, 0.29) is 0 Å². The van der Waals surface area contributed by atoms with Crippen LogP contribution in [0.1, 0.15) is 22.6 Å². The summed E-state index contributed by atoms with van der Waals surface area (Å²) in [5.74, 6) is 0.358. The van der Waals surface area contributed by atoms with E-state index in [1.54, 1.807) is 6.33 Å². The van der Waals surface area contributed by atoms with Crippen molar-refractivity contribution in [2.24, 2.45) is 0 Å². The van der Waals surface area contributed by atoms with Gasteiger partial charge in [0.2, 0.25) is 0 Å². The van der Waals surface area contributed by atoms with Crippen LogP contribution >= 0.6 is 0 Å². The number of hydrogen-bond acceptors (Lipinski definition) is 4. The summed E-state index contributed by atoms with van der Waals surface area (Å²) < 4.78 is 0. The molecule has 5 aromatic rings. The third-order valence-electron chi connectivity index (χ3n) is 6.16. The van der Waals surface area contributed by atoms with E-state index in [9.17, 15) is 0 Å². The van der Waals surface area contributed by atoms with Gasteiger partial charge in [-0.1, -0.05) is 30.3 Å². The molecule has 5 nitrogen and oxygen atoms in total. The molecule has 0 bridgehead atoms. The topological polar surface area (TPSA) is 57.7 Å². The number of nitrogens with one attached hydrogen (secondary N) is 1. The lowest BCUT2D eigenvalue weighted by Gasteiger charge is -2.33. The first-order chi connectivity index (χ1) is 14.7. The fraction of sp³-hybridized carbons (Fsp3) is 0.160. The van der Waals surface area contributed by atoms with Crippen molar-refractivity contribution in [3.05, 3.63) is 90.0 Å². The van der Waals surface area contributed by atoms with E-state index >= 15 is 0 Å². The summed E-state index contributed by atoms with van der Waals surface area (Å²) in [6, 6.07) is 19.9. The average molecular weight is 391 g/mol. The van der Waals surface area contributed by atoms with E-state index in [2.05, 4.69) is 86.7 Å². The molecule has 1 aliphatic rings. The fourth-order valence-corrected chi connectivity index (χ4v) is 4.64. The zero-order chi connectivity index (χ0) is 20.1. The van der Waals surface area contributed by atoms with E-state index in [0.29, 0.717) is 5.92 Å². The second kappa shape index (κ2) is 6.75. The Morgan fingerprint density at radius 2 is 1.83 bits per heavy atom. The first-order valence-corrected chi connectivity index (χ1v) is 10.2. The van der Waals surface area contributed by atoms with Crippen LogP contribution in [0, 0.1) is 0 Å². The molecule has 0 saturated heterocycles. The van der Waals surface area contributed by atoms with Crippen molar-refractivity contribution >= 4 is 21.8 Å². The molecule has 30 heavy (non-hydrogen) atoms. The van der Waals surface area contributed by atoms with Crippen molar-refractivity contribution in [3.63, 3.8) is 0 Å².